The van der Waals surface area contributed by atoms with E-state index in [0.717, 1.165) is 18.5 Å². The topological polar surface area (TPSA) is 43.7 Å². The SMILES string of the molecule is C=C(O)[C@@H]1CCN(Cc2c(C)cc(-c3cccc(-c4cccc(C)c4O)c3F)cc2F)C1. The van der Waals surface area contributed by atoms with Gasteiger partial charge in [-0.2, -0.15) is 0 Å². The summed E-state index contributed by atoms with van der Waals surface area (Å²) in [6.45, 7) is 9.04. The molecule has 3 aromatic carbocycles. The van der Waals surface area contributed by atoms with Crippen LogP contribution in [0, 0.1) is 31.4 Å². The van der Waals surface area contributed by atoms with Crippen LogP contribution in [-0.2, 0) is 6.54 Å². The molecule has 0 saturated carbocycles. The molecule has 3 aromatic rings. The molecule has 3 nitrogen and oxygen atoms in total. The summed E-state index contributed by atoms with van der Waals surface area (Å²) < 4.78 is 30.6. The fourth-order valence-corrected chi connectivity index (χ4v) is 4.44. The summed E-state index contributed by atoms with van der Waals surface area (Å²) in [5.41, 5.74) is 3.41. The zero-order valence-corrected chi connectivity index (χ0v) is 18.3. The summed E-state index contributed by atoms with van der Waals surface area (Å²) >= 11 is 0. The smallest absolute Gasteiger partial charge is 0.138 e. The third-order valence-electron chi connectivity index (χ3n) is 6.38. The number of phenols is 1. The standard InChI is InChI=1S/C27H27F2NO2/c1-16-6-4-9-23(27(16)32)22-8-5-7-21(26(22)29)20-12-17(2)24(25(28)13-20)15-30-11-10-19(14-30)18(3)31/h4-9,12-13,19,31-32H,3,10-11,14-15H2,1-2H3/t19-/m1/s1. The minimum Gasteiger partial charge on any atom is -0.513 e. The molecule has 166 valence electrons. The number of aromatic hydroxyl groups is 1. The summed E-state index contributed by atoms with van der Waals surface area (Å²) in [6.07, 6.45) is 0.803. The van der Waals surface area contributed by atoms with Gasteiger partial charge in [-0.3, -0.25) is 4.90 Å². The number of para-hydroxylation sites is 1. The molecule has 0 aromatic heterocycles. The number of hydrogen-bond acceptors (Lipinski definition) is 3. The molecule has 0 unspecified atom stereocenters. The number of aryl methyl sites for hydroxylation is 2. The minimum absolute atomic E-state index is 0.0208. The van der Waals surface area contributed by atoms with Crippen molar-refractivity contribution < 1.29 is 19.0 Å². The number of aliphatic hydroxyl groups excluding tert-OH is 1. The molecule has 2 N–H and O–H groups in total. The fourth-order valence-electron chi connectivity index (χ4n) is 4.44. The van der Waals surface area contributed by atoms with Crippen LogP contribution in [0.3, 0.4) is 0 Å². The molecule has 5 heteroatoms. The predicted molar refractivity (Wildman–Crippen MR) is 124 cm³/mol. The van der Waals surface area contributed by atoms with Gasteiger partial charge in [0.05, 0.1) is 5.76 Å². The van der Waals surface area contributed by atoms with Crippen LogP contribution in [0.1, 0.15) is 23.1 Å². The van der Waals surface area contributed by atoms with E-state index in [1.54, 1.807) is 49.4 Å². The monoisotopic (exact) mass is 435 g/mol. The number of rotatable bonds is 5. The second-order valence-electron chi connectivity index (χ2n) is 8.60. The highest BCUT2D eigenvalue weighted by molar-refractivity contribution is 5.78. The van der Waals surface area contributed by atoms with Crippen LogP contribution in [0.2, 0.25) is 0 Å². The van der Waals surface area contributed by atoms with Crippen LogP contribution in [0.4, 0.5) is 8.78 Å². The van der Waals surface area contributed by atoms with Gasteiger partial charge in [0.1, 0.15) is 17.4 Å². The van der Waals surface area contributed by atoms with Crippen molar-refractivity contribution in [1.29, 1.82) is 0 Å². The lowest BCUT2D eigenvalue weighted by molar-refractivity contribution is 0.289. The molecular formula is C27H27F2NO2. The Kier molecular flexibility index (Phi) is 6.02. The lowest BCUT2D eigenvalue weighted by atomic mass is 9.94. The summed E-state index contributed by atoms with van der Waals surface area (Å²) in [5.74, 6) is -0.642. The van der Waals surface area contributed by atoms with E-state index in [1.807, 2.05) is 6.92 Å². The first-order chi connectivity index (χ1) is 15.3. The van der Waals surface area contributed by atoms with Crippen LogP contribution in [0.5, 0.6) is 5.75 Å². The number of halogens is 2. The second-order valence-corrected chi connectivity index (χ2v) is 8.60. The summed E-state index contributed by atoms with van der Waals surface area (Å²) in [5, 5.41) is 20.0. The first-order valence-corrected chi connectivity index (χ1v) is 10.7. The van der Waals surface area contributed by atoms with Crippen molar-refractivity contribution in [2.45, 2.75) is 26.8 Å². The van der Waals surface area contributed by atoms with Crippen LogP contribution < -0.4 is 0 Å². The molecule has 1 saturated heterocycles. The van der Waals surface area contributed by atoms with Crippen molar-refractivity contribution in [3.8, 4) is 28.0 Å². The van der Waals surface area contributed by atoms with Gasteiger partial charge in [0, 0.05) is 41.3 Å². The Balaban J connectivity index is 1.67. The van der Waals surface area contributed by atoms with Crippen molar-refractivity contribution in [3.05, 3.63) is 89.2 Å². The Morgan fingerprint density at radius 2 is 1.72 bits per heavy atom. The van der Waals surface area contributed by atoms with E-state index in [-0.39, 0.29) is 34.4 Å². The molecule has 0 radical (unpaired) electrons. The average Bonchev–Trinajstić information content (AvgIpc) is 3.22. The van der Waals surface area contributed by atoms with Gasteiger partial charge in [0.25, 0.3) is 0 Å². The van der Waals surface area contributed by atoms with Gasteiger partial charge in [0.2, 0.25) is 0 Å². The third-order valence-corrected chi connectivity index (χ3v) is 6.38. The zero-order chi connectivity index (χ0) is 23.0. The molecule has 1 aliphatic rings. The van der Waals surface area contributed by atoms with E-state index in [9.17, 15) is 10.2 Å². The number of aliphatic hydroxyl groups is 1. The molecule has 1 heterocycles. The average molecular weight is 436 g/mol. The number of benzene rings is 3. The Morgan fingerprint density at radius 1 is 1.03 bits per heavy atom. The Labute approximate surface area is 187 Å². The normalized spacial score (nSPS) is 16.4. The highest BCUT2D eigenvalue weighted by atomic mass is 19.1. The number of nitrogens with zero attached hydrogens (tertiary/aromatic N) is 1. The molecular weight excluding hydrogens is 408 g/mol. The molecule has 0 bridgehead atoms. The van der Waals surface area contributed by atoms with Gasteiger partial charge in [0.15, 0.2) is 0 Å². The first-order valence-electron chi connectivity index (χ1n) is 10.7. The molecule has 1 aliphatic heterocycles. The van der Waals surface area contributed by atoms with Crippen LogP contribution in [-0.4, -0.2) is 28.2 Å². The number of likely N-dealkylation sites (tertiary alicyclic amines) is 1. The van der Waals surface area contributed by atoms with Crippen molar-refractivity contribution in [2.75, 3.05) is 13.1 Å². The second kappa shape index (κ2) is 8.75. The van der Waals surface area contributed by atoms with Crippen molar-refractivity contribution >= 4 is 0 Å². The van der Waals surface area contributed by atoms with Gasteiger partial charge in [-0.1, -0.05) is 49.0 Å². The Bertz CT molecular complexity index is 1170. The van der Waals surface area contributed by atoms with E-state index in [4.69, 9.17) is 0 Å². The predicted octanol–water partition coefficient (Wildman–Crippen LogP) is 6.51. The molecule has 0 amide bonds. The quantitative estimate of drug-likeness (QED) is 0.449. The maximum Gasteiger partial charge on any atom is 0.138 e. The maximum atomic E-state index is 15.5. The van der Waals surface area contributed by atoms with Gasteiger partial charge in [-0.05, 0) is 49.6 Å². The largest absolute Gasteiger partial charge is 0.513 e. The van der Waals surface area contributed by atoms with Crippen LogP contribution in [0.15, 0.2) is 60.9 Å². The fraction of sp³-hybridized carbons (Fsp3) is 0.259. The molecule has 0 aliphatic carbocycles. The summed E-state index contributed by atoms with van der Waals surface area (Å²) in [7, 11) is 0. The highest BCUT2D eigenvalue weighted by Gasteiger charge is 2.26. The van der Waals surface area contributed by atoms with Crippen LogP contribution in [0.25, 0.3) is 22.3 Å². The molecule has 1 atom stereocenters. The molecule has 32 heavy (non-hydrogen) atoms. The highest BCUT2D eigenvalue weighted by Crippen LogP contribution is 2.37. The van der Waals surface area contributed by atoms with E-state index >= 15 is 8.78 Å². The van der Waals surface area contributed by atoms with Crippen molar-refractivity contribution in [2.24, 2.45) is 5.92 Å². The minimum atomic E-state index is -0.496. The number of phenolic OH excluding ortho intramolecular Hbond substituents is 1. The molecule has 0 spiro atoms. The first kappa shape index (κ1) is 22.0. The van der Waals surface area contributed by atoms with Gasteiger partial charge in [-0.25, -0.2) is 8.78 Å². The third kappa shape index (κ3) is 4.13. The van der Waals surface area contributed by atoms with E-state index in [1.165, 1.54) is 6.07 Å². The number of hydrogen-bond donors (Lipinski definition) is 2. The summed E-state index contributed by atoms with van der Waals surface area (Å²) in [4.78, 5) is 2.10. The maximum absolute atomic E-state index is 15.5. The van der Waals surface area contributed by atoms with Gasteiger partial charge in [-0.15, -0.1) is 0 Å². The lowest BCUT2D eigenvalue weighted by Gasteiger charge is -2.19. The summed E-state index contributed by atoms with van der Waals surface area (Å²) in [6, 6.07) is 13.3. The Hall–Kier alpha value is -3.18. The van der Waals surface area contributed by atoms with Crippen LogP contribution >= 0.6 is 0 Å². The van der Waals surface area contributed by atoms with E-state index < -0.39 is 5.82 Å². The van der Waals surface area contributed by atoms with Crippen molar-refractivity contribution in [3.63, 3.8) is 0 Å². The Morgan fingerprint density at radius 3 is 2.41 bits per heavy atom. The zero-order valence-electron chi connectivity index (χ0n) is 18.3. The van der Waals surface area contributed by atoms with Gasteiger partial charge < -0.3 is 10.2 Å². The van der Waals surface area contributed by atoms with Crippen molar-refractivity contribution in [1.82, 2.24) is 4.90 Å². The lowest BCUT2D eigenvalue weighted by Crippen LogP contribution is -2.21. The molecule has 1 fully saturated rings. The van der Waals surface area contributed by atoms with E-state index in [0.29, 0.717) is 35.3 Å². The van der Waals surface area contributed by atoms with E-state index in [2.05, 4.69) is 11.5 Å². The van der Waals surface area contributed by atoms with Gasteiger partial charge >= 0.3 is 0 Å². The molecule has 4 rings (SSSR count).